The quantitative estimate of drug-likeness (QED) is 0.237. The molecule has 0 saturated heterocycles. The van der Waals surface area contributed by atoms with Gasteiger partial charge in [0.1, 0.15) is 6.61 Å². The van der Waals surface area contributed by atoms with Gasteiger partial charge in [-0.25, -0.2) is 0 Å². The smallest absolute Gasteiger partial charge is 0.186 e. The predicted octanol–water partition coefficient (Wildman–Crippen LogP) is 3.89. The lowest BCUT2D eigenvalue weighted by atomic mass is 10.1. The maximum Gasteiger partial charge on any atom is 0.186 e. The molecule has 0 amide bonds. The number of hydrogen-bond donors (Lipinski definition) is 2. The van der Waals surface area contributed by atoms with Crippen molar-refractivity contribution in [3.63, 3.8) is 0 Å². The van der Waals surface area contributed by atoms with Crippen molar-refractivity contribution in [1.82, 2.24) is 15.3 Å². The van der Waals surface area contributed by atoms with Crippen LogP contribution in [0.4, 0.5) is 0 Å². The highest BCUT2D eigenvalue weighted by molar-refractivity contribution is 7.80. The Kier molecular flexibility index (Phi) is 7.45. The zero-order valence-corrected chi connectivity index (χ0v) is 18.0. The second kappa shape index (κ2) is 10.5. The van der Waals surface area contributed by atoms with Gasteiger partial charge in [-0.1, -0.05) is 30.3 Å². The Hall–Kier alpha value is -3.32. The van der Waals surface area contributed by atoms with Crippen LogP contribution in [0.2, 0.25) is 0 Å². The molecule has 7 heteroatoms. The van der Waals surface area contributed by atoms with Gasteiger partial charge in [0.2, 0.25) is 0 Å². The average Bonchev–Trinajstić information content (AvgIpc) is 3.12. The second-order valence-electron chi connectivity index (χ2n) is 6.57. The molecule has 6 nitrogen and oxygen atoms in total. The molecule has 0 bridgehead atoms. The van der Waals surface area contributed by atoms with Gasteiger partial charge in [-0.3, -0.25) is 5.43 Å². The van der Waals surface area contributed by atoms with E-state index >= 15 is 0 Å². The van der Waals surface area contributed by atoms with Crippen LogP contribution in [0.3, 0.4) is 0 Å². The third-order valence-electron chi connectivity index (χ3n) is 4.61. The van der Waals surface area contributed by atoms with Crippen LogP contribution in [0.1, 0.15) is 11.1 Å². The lowest BCUT2D eigenvalue weighted by molar-refractivity contribution is 0.281. The van der Waals surface area contributed by atoms with Crippen molar-refractivity contribution in [3.05, 3.63) is 72.4 Å². The number of ether oxygens (including phenoxy) is 2. The van der Waals surface area contributed by atoms with Crippen LogP contribution in [0, 0.1) is 0 Å². The van der Waals surface area contributed by atoms with E-state index in [2.05, 4.69) is 45.3 Å². The van der Waals surface area contributed by atoms with Gasteiger partial charge in [-0.15, -0.1) is 6.58 Å². The fraction of sp³-hybridized carbons (Fsp3) is 0.217. The van der Waals surface area contributed by atoms with Gasteiger partial charge >= 0.3 is 0 Å². The van der Waals surface area contributed by atoms with Crippen molar-refractivity contribution >= 4 is 34.4 Å². The first-order chi connectivity index (χ1) is 14.7. The van der Waals surface area contributed by atoms with E-state index in [0.29, 0.717) is 18.3 Å². The number of para-hydroxylation sites is 1. The van der Waals surface area contributed by atoms with Gasteiger partial charge in [0.25, 0.3) is 0 Å². The van der Waals surface area contributed by atoms with E-state index in [0.717, 1.165) is 39.9 Å². The third-order valence-corrected chi connectivity index (χ3v) is 4.91. The number of hydrogen-bond acceptors (Lipinski definition) is 4. The van der Waals surface area contributed by atoms with E-state index in [1.165, 1.54) is 0 Å². The molecule has 0 fully saturated rings. The summed E-state index contributed by atoms with van der Waals surface area (Å²) in [5.74, 6) is 1.46. The Morgan fingerprint density at radius 1 is 1.23 bits per heavy atom. The van der Waals surface area contributed by atoms with E-state index in [1.54, 1.807) is 20.4 Å². The van der Waals surface area contributed by atoms with E-state index < -0.39 is 0 Å². The van der Waals surface area contributed by atoms with Gasteiger partial charge in [0.05, 0.1) is 19.9 Å². The molecular formula is C23H26N4O2S. The largest absolute Gasteiger partial charge is 0.493 e. The molecule has 1 heterocycles. The lowest BCUT2D eigenvalue weighted by Gasteiger charge is -2.12. The predicted molar refractivity (Wildman–Crippen MR) is 127 cm³/mol. The summed E-state index contributed by atoms with van der Waals surface area (Å²) in [5.41, 5.74) is 6.04. The zero-order valence-electron chi connectivity index (χ0n) is 17.2. The summed E-state index contributed by atoms with van der Waals surface area (Å²) in [6.07, 6.45) is 6.50. The maximum atomic E-state index is 6.01. The Morgan fingerprint density at radius 3 is 2.83 bits per heavy atom. The van der Waals surface area contributed by atoms with Crippen LogP contribution in [-0.4, -0.2) is 36.7 Å². The van der Waals surface area contributed by atoms with E-state index in [-0.39, 0.29) is 0 Å². The summed E-state index contributed by atoms with van der Waals surface area (Å²) in [6.45, 7) is 4.98. The first-order valence-electron chi connectivity index (χ1n) is 9.65. The molecule has 2 aromatic carbocycles. The number of allylic oxidation sites excluding steroid dienone is 1. The van der Waals surface area contributed by atoms with Gasteiger partial charge < -0.3 is 19.4 Å². The van der Waals surface area contributed by atoms with Crippen LogP contribution in [-0.2, 0) is 13.0 Å². The minimum Gasteiger partial charge on any atom is -0.493 e. The normalized spacial score (nSPS) is 10.9. The molecule has 0 aliphatic rings. The molecule has 0 spiro atoms. The summed E-state index contributed by atoms with van der Waals surface area (Å²) >= 11 is 5.05. The molecule has 0 unspecified atom stereocenters. The topological polar surface area (TPSA) is 59.8 Å². The highest BCUT2D eigenvalue weighted by Crippen LogP contribution is 2.28. The van der Waals surface area contributed by atoms with Gasteiger partial charge in [-0.2, -0.15) is 5.10 Å². The molecule has 0 atom stereocenters. The minimum atomic E-state index is 0.469. The van der Waals surface area contributed by atoms with Crippen molar-refractivity contribution in [3.8, 4) is 11.5 Å². The molecule has 0 radical (unpaired) electrons. The molecule has 0 aliphatic heterocycles. The maximum absolute atomic E-state index is 6.01. The Balaban J connectivity index is 1.72. The molecule has 2 N–H and O–H groups in total. The summed E-state index contributed by atoms with van der Waals surface area (Å²) in [4.78, 5) is 0. The van der Waals surface area contributed by atoms with Gasteiger partial charge in [0, 0.05) is 29.7 Å². The summed E-state index contributed by atoms with van der Waals surface area (Å²) < 4.78 is 13.6. The van der Waals surface area contributed by atoms with Gasteiger partial charge in [-0.05, 0) is 42.4 Å². The SMILES string of the molecule is C=CCc1ccc(OCCn2cc(/C=N\NC(=S)NC)c3ccccc32)c(OC)c1. The number of rotatable bonds is 9. The van der Waals surface area contributed by atoms with Crippen LogP contribution < -0.4 is 20.2 Å². The van der Waals surface area contributed by atoms with Crippen molar-refractivity contribution in [2.75, 3.05) is 20.8 Å². The van der Waals surface area contributed by atoms with E-state index in [9.17, 15) is 0 Å². The highest BCUT2D eigenvalue weighted by atomic mass is 32.1. The number of nitrogens with zero attached hydrogens (tertiary/aromatic N) is 2. The van der Waals surface area contributed by atoms with Crippen LogP contribution in [0.25, 0.3) is 10.9 Å². The molecule has 156 valence electrons. The minimum absolute atomic E-state index is 0.469. The molecule has 30 heavy (non-hydrogen) atoms. The van der Waals surface area contributed by atoms with Crippen molar-refractivity contribution in [2.24, 2.45) is 5.10 Å². The molecule has 0 aliphatic carbocycles. The fourth-order valence-electron chi connectivity index (χ4n) is 3.16. The highest BCUT2D eigenvalue weighted by Gasteiger charge is 2.09. The van der Waals surface area contributed by atoms with Crippen LogP contribution in [0.15, 0.2) is 66.4 Å². The van der Waals surface area contributed by atoms with E-state index in [4.69, 9.17) is 21.7 Å². The summed E-state index contributed by atoms with van der Waals surface area (Å²) in [6, 6.07) is 14.2. The number of nitrogens with one attached hydrogen (secondary N) is 2. The fourth-order valence-corrected chi connectivity index (χ4v) is 3.21. The van der Waals surface area contributed by atoms with E-state index in [1.807, 2.05) is 36.4 Å². The zero-order chi connectivity index (χ0) is 21.3. The van der Waals surface area contributed by atoms with Crippen LogP contribution >= 0.6 is 12.2 Å². The first-order valence-corrected chi connectivity index (χ1v) is 10.1. The summed E-state index contributed by atoms with van der Waals surface area (Å²) in [5, 5.41) is 8.61. The lowest BCUT2D eigenvalue weighted by Crippen LogP contribution is -2.28. The van der Waals surface area contributed by atoms with Gasteiger partial charge in [0.15, 0.2) is 16.6 Å². The Labute approximate surface area is 182 Å². The number of methoxy groups -OCH3 is 1. The second-order valence-corrected chi connectivity index (χ2v) is 6.98. The number of benzene rings is 2. The summed E-state index contributed by atoms with van der Waals surface area (Å²) in [7, 11) is 3.40. The number of fused-ring (bicyclic) bond motifs is 1. The molecule has 3 rings (SSSR count). The molecule has 1 aromatic heterocycles. The third kappa shape index (κ3) is 5.18. The van der Waals surface area contributed by atoms with Crippen LogP contribution in [0.5, 0.6) is 11.5 Å². The number of aromatic nitrogens is 1. The molecule has 0 saturated carbocycles. The van der Waals surface area contributed by atoms with Crippen molar-refractivity contribution in [1.29, 1.82) is 0 Å². The molecule has 3 aromatic rings. The standard InChI is InChI=1S/C23H26N4O2S/c1-4-7-17-10-11-21(22(14-17)28-3)29-13-12-27-16-18(15-25-26-23(30)24-2)19-8-5-6-9-20(19)27/h4-6,8-11,14-16H,1,7,12-13H2,2-3H3,(H2,24,26,30)/b25-15-. The van der Waals surface area contributed by atoms with Crippen molar-refractivity contribution in [2.45, 2.75) is 13.0 Å². The number of hydrazone groups is 1. The first kappa shape index (κ1) is 21.4. The number of thiocarbonyl (C=S) groups is 1. The monoisotopic (exact) mass is 422 g/mol. The Bertz CT molecular complexity index is 1060. The average molecular weight is 423 g/mol. The van der Waals surface area contributed by atoms with Crippen molar-refractivity contribution < 1.29 is 9.47 Å². The Morgan fingerprint density at radius 2 is 2.07 bits per heavy atom. The molecular weight excluding hydrogens is 396 g/mol.